The zero-order valence-electron chi connectivity index (χ0n) is 9.92. The first-order valence-electron chi connectivity index (χ1n) is 5.16. The monoisotopic (exact) mass is 269 g/mol. The average molecular weight is 270 g/mol. The summed E-state index contributed by atoms with van der Waals surface area (Å²) in [5.41, 5.74) is -0.0675. The van der Waals surface area contributed by atoms with Crippen LogP contribution in [-0.4, -0.2) is 5.78 Å². The molecule has 1 atom stereocenters. The number of hydrogen-bond acceptors (Lipinski definition) is 2. The fourth-order valence-corrected chi connectivity index (χ4v) is 1.96. The normalized spacial score (nSPS) is 12.9. The molecule has 0 saturated carbocycles. The van der Waals surface area contributed by atoms with Crippen LogP contribution in [0.2, 0.25) is 10.0 Å². The summed E-state index contributed by atoms with van der Waals surface area (Å²) in [5.74, 6) is -0.996. The van der Waals surface area contributed by atoms with Crippen LogP contribution in [-0.2, 0) is 4.79 Å². The maximum atomic E-state index is 12.1. The quantitative estimate of drug-likeness (QED) is 0.807. The summed E-state index contributed by atoms with van der Waals surface area (Å²) >= 11 is 11.8. The van der Waals surface area contributed by atoms with Gasteiger partial charge in [-0.1, -0.05) is 50.0 Å². The van der Waals surface area contributed by atoms with Crippen LogP contribution >= 0.6 is 23.2 Å². The molecule has 0 aliphatic heterocycles. The van der Waals surface area contributed by atoms with E-state index in [1.807, 2.05) is 6.07 Å². The molecule has 0 radical (unpaired) electrons. The van der Waals surface area contributed by atoms with Crippen LogP contribution < -0.4 is 0 Å². The lowest BCUT2D eigenvalue weighted by Crippen LogP contribution is -2.26. The van der Waals surface area contributed by atoms with Crippen molar-refractivity contribution in [3.05, 3.63) is 33.8 Å². The van der Waals surface area contributed by atoms with E-state index in [1.165, 1.54) is 0 Å². The Morgan fingerprint density at radius 3 is 2.35 bits per heavy atom. The highest BCUT2D eigenvalue weighted by molar-refractivity contribution is 6.35. The SMILES string of the molecule is CC(C)(C)C(=O)[C@H](C#N)c1ccc(Cl)cc1Cl. The topological polar surface area (TPSA) is 40.9 Å². The minimum Gasteiger partial charge on any atom is -0.297 e. The molecule has 90 valence electrons. The van der Waals surface area contributed by atoms with Gasteiger partial charge in [-0.05, 0) is 17.7 Å². The van der Waals surface area contributed by atoms with E-state index < -0.39 is 11.3 Å². The third-order valence-electron chi connectivity index (χ3n) is 2.40. The van der Waals surface area contributed by atoms with Gasteiger partial charge in [-0.3, -0.25) is 4.79 Å². The summed E-state index contributed by atoms with van der Waals surface area (Å²) in [6, 6.07) is 6.80. The van der Waals surface area contributed by atoms with Crippen LogP contribution in [0.3, 0.4) is 0 Å². The van der Waals surface area contributed by atoms with Crippen molar-refractivity contribution < 1.29 is 4.79 Å². The second-order valence-electron chi connectivity index (χ2n) is 4.84. The molecule has 0 amide bonds. The summed E-state index contributed by atoms with van der Waals surface area (Å²) in [6.45, 7) is 5.34. The number of nitrogens with zero attached hydrogens (tertiary/aromatic N) is 1. The Labute approximate surface area is 111 Å². The molecule has 0 spiro atoms. The van der Waals surface area contributed by atoms with E-state index in [0.29, 0.717) is 15.6 Å². The lowest BCUT2D eigenvalue weighted by Gasteiger charge is -2.21. The first-order chi connectivity index (χ1) is 7.77. The molecule has 2 nitrogen and oxygen atoms in total. The number of Topliss-reactive ketones (excluding diaryl/α,β-unsaturated/α-hetero) is 1. The van der Waals surface area contributed by atoms with Gasteiger partial charge >= 0.3 is 0 Å². The van der Waals surface area contributed by atoms with Crippen molar-refractivity contribution in [1.82, 2.24) is 0 Å². The van der Waals surface area contributed by atoms with E-state index in [1.54, 1.807) is 39.0 Å². The number of nitriles is 1. The second-order valence-corrected chi connectivity index (χ2v) is 5.69. The molecular weight excluding hydrogens is 257 g/mol. The Balaban J connectivity index is 3.21. The van der Waals surface area contributed by atoms with E-state index in [-0.39, 0.29) is 5.78 Å². The third kappa shape index (κ3) is 3.21. The predicted molar refractivity (Wildman–Crippen MR) is 69.3 cm³/mol. The lowest BCUT2D eigenvalue weighted by molar-refractivity contribution is -0.126. The van der Waals surface area contributed by atoms with E-state index in [4.69, 9.17) is 28.5 Å². The molecule has 0 aliphatic carbocycles. The highest BCUT2D eigenvalue weighted by Gasteiger charge is 2.31. The Morgan fingerprint density at radius 1 is 1.35 bits per heavy atom. The summed E-state index contributed by atoms with van der Waals surface area (Å²) in [4.78, 5) is 12.1. The fraction of sp³-hybridized carbons (Fsp3) is 0.385. The average Bonchev–Trinajstić information content (AvgIpc) is 2.20. The van der Waals surface area contributed by atoms with Gasteiger partial charge in [0.25, 0.3) is 0 Å². The molecule has 0 aromatic heterocycles. The van der Waals surface area contributed by atoms with Crippen molar-refractivity contribution in [2.75, 3.05) is 0 Å². The molecule has 1 aromatic rings. The smallest absolute Gasteiger partial charge is 0.159 e. The molecule has 0 bridgehead atoms. The Bertz CT molecular complexity index is 483. The zero-order chi connectivity index (χ0) is 13.2. The third-order valence-corrected chi connectivity index (χ3v) is 2.97. The minimum atomic E-state index is -0.847. The maximum Gasteiger partial charge on any atom is 0.159 e. The summed E-state index contributed by atoms with van der Waals surface area (Å²) in [5, 5.41) is 9.98. The zero-order valence-corrected chi connectivity index (χ0v) is 11.4. The van der Waals surface area contributed by atoms with Gasteiger partial charge in [0.2, 0.25) is 0 Å². The summed E-state index contributed by atoms with van der Waals surface area (Å²) < 4.78 is 0. The van der Waals surface area contributed by atoms with Gasteiger partial charge in [-0.2, -0.15) is 5.26 Å². The van der Waals surface area contributed by atoms with E-state index in [0.717, 1.165) is 0 Å². The Hall–Kier alpha value is -1.04. The first kappa shape index (κ1) is 14.0. The standard InChI is InChI=1S/C13H13Cl2NO/c1-13(2,3)12(17)10(7-16)9-5-4-8(14)6-11(9)15/h4-6,10H,1-3H3/t10-/m1/s1. The fourth-order valence-electron chi connectivity index (χ4n) is 1.44. The molecule has 0 saturated heterocycles. The van der Waals surface area contributed by atoms with Gasteiger partial charge in [0.1, 0.15) is 5.92 Å². The van der Waals surface area contributed by atoms with Gasteiger partial charge in [0.05, 0.1) is 6.07 Å². The van der Waals surface area contributed by atoms with E-state index in [9.17, 15) is 4.79 Å². The van der Waals surface area contributed by atoms with Gasteiger partial charge in [-0.25, -0.2) is 0 Å². The Kier molecular flexibility index (Phi) is 4.19. The second kappa shape index (κ2) is 5.08. The van der Waals surface area contributed by atoms with Gasteiger partial charge in [-0.15, -0.1) is 0 Å². The maximum absolute atomic E-state index is 12.1. The van der Waals surface area contributed by atoms with Crippen LogP contribution in [0, 0.1) is 16.7 Å². The molecule has 4 heteroatoms. The van der Waals surface area contributed by atoms with Crippen LogP contribution in [0.15, 0.2) is 18.2 Å². The highest BCUT2D eigenvalue weighted by atomic mass is 35.5. The summed E-state index contributed by atoms with van der Waals surface area (Å²) in [7, 11) is 0. The van der Waals surface area contributed by atoms with Crippen molar-refractivity contribution in [3.8, 4) is 6.07 Å². The van der Waals surface area contributed by atoms with Crippen LogP contribution in [0.5, 0.6) is 0 Å². The van der Waals surface area contributed by atoms with Crippen molar-refractivity contribution in [3.63, 3.8) is 0 Å². The number of carbonyl (C=O) groups excluding carboxylic acids is 1. The molecule has 0 N–H and O–H groups in total. The van der Waals surface area contributed by atoms with Crippen molar-refractivity contribution in [2.24, 2.45) is 5.41 Å². The molecule has 0 unspecified atom stereocenters. The molecular formula is C13H13Cl2NO. The van der Waals surface area contributed by atoms with Crippen molar-refractivity contribution in [2.45, 2.75) is 26.7 Å². The van der Waals surface area contributed by atoms with Crippen molar-refractivity contribution in [1.29, 1.82) is 5.26 Å². The number of ketones is 1. The first-order valence-corrected chi connectivity index (χ1v) is 5.92. The van der Waals surface area contributed by atoms with E-state index in [2.05, 4.69) is 0 Å². The molecule has 1 rings (SSSR count). The summed E-state index contributed by atoms with van der Waals surface area (Å²) in [6.07, 6.45) is 0. The minimum absolute atomic E-state index is 0.149. The highest BCUT2D eigenvalue weighted by Crippen LogP contribution is 2.32. The largest absolute Gasteiger partial charge is 0.297 e. The van der Waals surface area contributed by atoms with Crippen LogP contribution in [0.1, 0.15) is 32.3 Å². The van der Waals surface area contributed by atoms with Crippen molar-refractivity contribution >= 4 is 29.0 Å². The molecule has 1 aromatic carbocycles. The molecule has 0 heterocycles. The Morgan fingerprint density at radius 2 is 1.94 bits per heavy atom. The number of carbonyl (C=O) groups is 1. The van der Waals surface area contributed by atoms with Crippen LogP contribution in [0.25, 0.3) is 0 Å². The van der Waals surface area contributed by atoms with E-state index >= 15 is 0 Å². The number of hydrogen-bond donors (Lipinski definition) is 0. The molecule has 0 aliphatic rings. The lowest BCUT2D eigenvalue weighted by atomic mass is 9.80. The molecule has 17 heavy (non-hydrogen) atoms. The number of benzene rings is 1. The van der Waals surface area contributed by atoms with Gasteiger partial charge in [0, 0.05) is 15.5 Å². The van der Waals surface area contributed by atoms with Gasteiger partial charge < -0.3 is 0 Å². The predicted octanol–water partition coefficient (Wildman–Crippen LogP) is 4.22. The van der Waals surface area contributed by atoms with Crippen LogP contribution in [0.4, 0.5) is 0 Å². The molecule has 0 fully saturated rings. The van der Waals surface area contributed by atoms with Gasteiger partial charge in [0.15, 0.2) is 5.78 Å². The number of halogens is 2. The number of rotatable bonds is 2.